The highest BCUT2D eigenvalue weighted by molar-refractivity contribution is 6.33. The first kappa shape index (κ1) is 15.7. The van der Waals surface area contributed by atoms with Crippen molar-refractivity contribution in [2.24, 2.45) is 5.11 Å². The van der Waals surface area contributed by atoms with Gasteiger partial charge in [-0.3, -0.25) is 0 Å². The van der Waals surface area contributed by atoms with Crippen LogP contribution in [0.1, 0.15) is 15.9 Å². The summed E-state index contributed by atoms with van der Waals surface area (Å²) < 4.78 is 10.3. The van der Waals surface area contributed by atoms with Crippen LogP contribution in [0, 0.1) is 0 Å². The fraction of sp³-hybridized carbons (Fsp3) is 0.133. The molecule has 2 aromatic carbocycles. The Bertz CT molecular complexity index is 728. The van der Waals surface area contributed by atoms with Crippen molar-refractivity contribution in [2.45, 2.75) is 6.61 Å². The Labute approximate surface area is 131 Å². The van der Waals surface area contributed by atoms with Gasteiger partial charge < -0.3 is 9.47 Å². The van der Waals surface area contributed by atoms with Crippen LogP contribution in [0.25, 0.3) is 10.4 Å². The number of benzene rings is 2. The van der Waals surface area contributed by atoms with Gasteiger partial charge >= 0.3 is 5.97 Å². The zero-order chi connectivity index (χ0) is 15.9. The second-order valence-electron chi connectivity index (χ2n) is 4.26. The molecule has 0 amide bonds. The maximum Gasteiger partial charge on any atom is 0.342 e. The predicted molar refractivity (Wildman–Crippen MR) is 82.4 cm³/mol. The molecular formula is C15H12ClN3O3. The fourth-order valence-electron chi connectivity index (χ4n) is 1.85. The van der Waals surface area contributed by atoms with Crippen LogP contribution in [0.4, 0.5) is 5.69 Å². The van der Waals surface area contributed by atoms with E-state index in [-0.39, 0.29) is 28.6 Å². The molecular weight excluding hydrogens is 306 g/mol. The van der Waals surface area contributed by atoms with E-state index in [1.54, 1.807) is 0 Å². The van der Waals surface area contributed by atoms with Gasteiger partial charge in [0, 0.05) is 10.6 Å². The third-order valence-electron chi connectivity index (χ3n) is 2.83. The molecule has 0 spiro atoms. The molecule has 22 heavy (non-hydrogen) atoms. The number of hydrogen-bond donors (Lipinski definition) is 0. The van der Waals surface area contributed by atoms with Gasteiger partial charge in [-0.05, 0) is 23.2 Å². The Kier molecular flexibility index (Phi) is 5.25. The molecule has 0 fully saturated rings. The number of nitrogens with zero attached hydrogens (tertiary/aromatic N) is 3. The average molecular weight is 318 g/mol. The Hall–Kier alpha value is -2.69. The highest BCUT2D eigenvalue weighted by atomic mass is 35.5. The predicted octanol–water partition coefficient (Wildman–Crippen LogP) is 4.65. The minimum absolute atomic E-state index is 0.105. The van der Waals surface area contributed by atoms with E-state index in [1.807, 2.05) is 30.3 Å². The summed E-state index contributed by atoms with van der Waals surface area (Å²) in [6, 6.07) is 12.0. The smallest absolute Gasteiger partial charge is 0.342 e. The second kappa shape index (κ2) is 7.36. The lowest BCUT2D eigenvalue weighted by molar-refractivity contribution is 0.0469. The SMILES string of the molecule is COc1c(Cl)cc(N=[N+]=[N-])cc1C(=O)OCc1ccccc1. The summed E-state index contributed by atoms with van der Waals surface area (Å²) in [5, 5.41) is 3.60. The largest absolute Gasteiger partial charge is 0.494 e. The molecule has 0 heterocycles. The zero-order valence-electron chi connectivity index (χ0n) is 11.7. The van der Waals surface area contributed by atoms with E-state index < -0.39 is 5.97 Å². The van der Waals surface area contributed by atoms with E-state index in [1.165, 1.54) is 19.2 Å². The van der Waals surface area contributed by atoms with Crippen molar-refractivity contribution in [2.75, 3.05) is 7.11 Å². The molecule has 0 aliphatic carbocycles. The van der Waals surface area contributed by atoms with E-state index in [0.29, 0.717) is 0 Å². The molecule has 0 aromatic heterocycles. The summed E-state index contributed by atoms with van der Waals surface area (Å²) in [7, 11) is 1.39. The Morgan fingerprint density at radius 3 is 2.68 bits per heavy atom. The molecule has 0 radical (unpaired) electrons. The molecule has 0 saturated heterocycles. The van der Waals surface area contributed by atoms with Crippen LogP contribution in [0.5, 0.6) is 5.75 Å². The topological polar surface area (TPSA) is 84.3 Å². The standard InChI is InChI=1S/C15H12ClN3O3/c1-21-14-12(7-11(18-19-17)8-13(14)16)15(20)22-9-10-5-3-2-4-6-10/h2-8H,9H2,1H3. The molecule has 0 aliphatic rings. The first-order valence-corrected chi connectivity index (χ1v) is 6.67. The van der Waals surface area contributed by atoms with Crippen molar-refractivity contribution in [3.05, 3.63) is 69.1 Å². The van der Waals surface area contributed by atoms with E-state index >= 15 is 0 Å². The van der Waals surface area contributed by atoms with E-state index in [2.05, 4.69) is 10.0 Å². The average Bonchev–Trinajstić information content (AvgIpc) is 2.53. The minimum atomic E-state index is -0.613. The van der Waals surface area contributed by atoms with Gasteiger partial charge in [0.1, 0.15) is 12.2 Å². The third-order valence-corrected chi connectivity index (χ3v) is 3.11. The molecule has 0 aliphatic heterocycles. The van der Waals surface area contributed by atoms with Crippen LogP contribution in [-0.2, 0) is 11.3 Å². The normalized spacial score (nSPS) is 9.73. The summed E-state index contributed by atoms with van der Waals surface area (Å²) in [5.74, 6) is -0.436. The highest BCUT2D eigenvalue weighted by Gasteiger charge is 2.18. The van der Waals surface area contributed by atoms with Gasteiger partial charge in [0.05, 0.1) is 12.1 Å². The monoisotopic (exact) mass is 317 g/mol. The first-order chi connectivity index (χ1) is 10.7. The van der Waals surface area contributed by atoms with Gasteiger partial charge in [-0.15, -0.1) is 0 Å². The molecule has 0 bridgehead atoms. The molecule has 7 heteroatoms. The zero-order valence-corrected chi connectivity index (χ0v) is 12.4. The van der Waals surface area contributed by atoms with Gasteiger partial charge in [0.25, 0.3) is 0 Å². The number of azide groups is 1. The molecule has 0 saturated carbocycles. The number of rotatable bonds is 5. The van der Waals surface area contributed by atoms with Crippen LogP contribution in [0.2, 0.25) is 5.02 Å². The van der Waals surface area contributed by atoms with Gasteiger partial charge in [-0.1, -0.05) is 47.0 Å². The van der Waals surface area contributed by atoms with Gasteiger partial charge in [0.15, 0.2) is 5.75 Å². The fourth-order valence-corrected chi connectivity index (χ4v) is 2.14. The number of esters is 1. The lowest BCUT2D eigenvalue weighted by Crippen LogP contribution is -2.07. The molecule has 0 atom stereocenters. The van der Waals surface area contributed by atoms with Crippen molar-refractivity contribution >= 4 is 23.3 Å². The Morgan fingerprint density at radius 2 is 2.05 bits per heavy atom. The summed E-state index contributed by atoms with van der Waals surface area (Å²) in [6.45, 7) is 0.117. The van der Waals surface area contributed by atoms with Crippen LogP contribution < -0.4 is 4.74 Å². The second-order valence-corrected chi connectivity index (χ2v) is 4.67. The molecule has 0 unspecified atom stereocenters. The maximum absolute atomic E-state index is 12.2. The van der Waals surface area contributed by atoms with E-state index in [0.717, 1.165) is 5.56 Å². The minimum Gasteiger partial charge on any atom is -0.494 e. The number of hydrogen-bond acceptors (Lipinski definition) is 4. The molecule has 2 rings (SSSR count). The van der Waals surface area contributed by atoms with Crippen molar-refractivity contribution in [1.29, 1.82) is 0 Å². The summed E-state index contributed by atoms with van der Waals surface area (Å²) in [6.07, 6.45) is 0. The molecule has 6 nitrogen and oxygen atoms in total. The van der Waals surface area contributed by atoms with Crippen molar-refractivity contribution in [3.63, 3.8) is 0 Å². The molecule has 2 aromatic rings. The molecule has 0 N–H and O–H groups in total. The Balaban J connectivity index is 2.25. The van der Waals surface area contributed by atoms with Crippen molar-refractivity contribution < 1.29 is 14.3 Å². The number of carbonyl (C=O) groups is 1. The number of halogens is 1. The van der Waals surface area contributed by atoms with Crippen molar-refractivity contribution in [3.8, 4) is 5.75 Å². The third kappa shape index (κ3) is 3.69. The van der Waals surface area contributed by atoms with Crippen LogP contribution in [0.3, 0.4) is 0 Å². The summed E-state index contributed by atoms with van der Waals surface area (Å²) in [5.41, 5.74) is 9.65. The van der Waals surface area contributed by atoms with Crippen LogP contribution in [-0.4, -0.2) is 13.1 Å². The quantitative estimate of drug-likeness (QED) is 0.348. The van der Waals surface area contributed by atoms with E-state index in [9.17, 15) is 4.79 Å². The van der Waals surface area contributed by atoms with Crippen LogP contribution >= 0.6 is 11.6 Å². The van der Waals surface area contributed by atoms with Crippen LogP contribution in [0.15, 0.2) is 47.6 Å². The highest BCUT2D eigenvalue weighted by Crippen LogP contribution is 2.34. The number of carbonyl (C=O) groups excluding carboxylic acids is 1. The van der Waals surface area contributed by atoms with Gasteiger partial charge in [0.2, 0.25) is 0 Å². The number of methoxy groups -OCH3 is 1. The summed E-state index contributed by atoms with van der Waals surface area (Å²) >= 11 is 6.02. The first-order valence-electron chi connectivity index (χ1n) is 6.29. The van der Waals surface area contributed by atoms with Gasteiger partial charge in [-0.25, -0.2) is 4.79 Å². The lowest BCUT2D eigenvalue weighted by atomic mass is 10.1. The Morgan fingerprint density at radius 1 is 1.32 bits per heavy atom. The number of ether oxygens (including phenoxy) is 2. The van der Waals surface area contributed by atoms with Crippen molar-refractivity contribution in [1.82, 2.24) is 0 Å². The summed E-state index contributed by atoms with van der Waals surface area (Å²) in [4.78, 5) is 14.9. The lowest BCUT2D eigenvalue weighted by Gasteiger charge is -2.11. The van der Waals surface area contributed by atoms with E-state index in [4.69, 9.17) is 26.6 Å². The maximum atomic E-state index is 12.2. The van der Waals surface area contributed by atoms with Gasteiger partial charge in [-0.2, -0.15) is 0 Å². The molecule has 112 valence electrons.